The van der Waals surface area contributed by atoms with E-state index in [1.165, 1.54) is 12.8 Å². The monoisotopic (exact) mass is 429 g/mol. The van der Waals surface area contributed by atoms with Gasteiger partial charge in [0.1, 0.15) is 5.69 Å². The van der Waals surface area contributed by atoms with Crippen molar-refractivity contribution in [2.45, 2.75) is 37.6 Å². The zero-order valence-electron chi connectivity index (χ0n) is 14.9. The minimum Gasteiger partial charge on any atom is -0.443 e. The second kappa shape index (κ2) is 7.55. The molecule has 1 aromatic carbocycles. The average Bonchev–Trinajstić information content (AvgIpc) is 2.93. The van der Waals surface area contributed by atoms with E-state index in [0.29, 0.717) is 22.8 Å². The highest BCUT2D eigenvalue weighted by Gasteiger charge is 2.44. The predicted molar refractivity (Wildman–Crippen MR) is 111 cm³/mol. The maximum Gasteiger partial charge on any atom is 0.292 e. The van der Waals surface area contributed by atoms with Crippen LogP contribution in [0.4, 0.5) is 5.69 Å². The third-order valence-corrected chi connectivity index (χ3v) is 5.68. The Bertz CT molecular complexity index is 820. The second-order valence-electron chi connectivity index (χ2n) is 7.01. The molecule has 1 aliphatic carbocycles. The standard InChI is InChI=1S/C19H20ClN3O2.2ClH/c1-19(17-8-5-12(20)11-22-17)24-16-4-2-3-15(18(16)25-19)23-10-9-21-13-6-7-14(13)23;;/h2-5,8,11,13-14,21H,6-7,9-10H2,1H3;2*1H/t13-,14-,19?;;/m1../s1. The van der Waals surface area contributed by atoms with Crippen molar-refractivity contribution in [1.82, 2.24) is 10.3 Å². The molecule has 3 atom stereocenters. The van der Waals surface area contributed by atoms with Crippen molar-refractivity contribution in [1.29, 1.82) is 0 Å². The van der Waals surface area contributed by atoms with Crippen molar-refractivity contribution < 1.29 is 9.47 Å². The van der Waals surface area contributed by atoms with Gasteiger partial charge in [-0.25, -0.2) is 0 Å². The third-order valence-electron chi connectivity index (χ3n) is 5.46. The largest absolute Gasteiger partial charge is 0.443 e. The Morgan fingerprint density at radius 1 is 1.19 bits per heavy atom. The summed E-state index contributed by atoms with van der Waals surface area (Å²) in [5.41, 5.74) is 1.83. The predicted octanol–water partition coefficient (Wildman–Crippen LogP) is 4.16. The van der Waals surface area contributed by atoms with Gasteiger partial charge in [0.2, 0.25) is 0 Å². The number of hydrogen-bond acceptors (Lipinski definition) is 5. The lowest BCUT2D eigenvalue weighted by molar-refractivity contribution is -0.0716. The van der Waals surface area contributed by atoms with Gasteiger partial charge < -0.3 is 19.7 Å². The van der Waals surface area contributed by atoms with E-state index in [2.05, 4.69) is 21.3 Å². The van der Waals surface area contributed by atoms with Crippen molar-refractivity contribution in [2.75, 3.05) is 18.0 Å². The lowest BCUT2D eigenvalue weighted by Crippen LogP contribution is -2.63. The summed E-state index contributed by atoms with van der Waals surface area (Å²) in [6.45, 7) is 3.88. The highest BCUT2D eigenvalue weighted by atomic mass is 35.5. The van der Waals surface area contributed by atoms with Gasteiger partial charge in [-0.05, 0) is 37.1 Å². The number of nitrogens with zero attached hydrogens (tertiary/aromatic N) is 2. The van der Waals surface area contributed by atoms with E-state index in [0.717, 1.165) is 30.3 Å². The molecule has 5 nitrogen and oxygen atoms in total. The van der Waals surface area contributed by atoms with E-state index in [4.69, 9.17) is 21.1 Å². The number of fused-ring (bicyclic) bond motifs is 2. The van der Waals surface area contributed by atoms with Crippen LogP contribution in [0.25, 0.3) is 0 Å². The van der Waals surface area contributed by atoms with Crippen LogP contribution >= 0.6 is 36.4 Å². The van der Waals surface area contributed by atoms with Crippen LogP contribution in [0.15, 0.2) is 36.5 Å². The lowest BCUT2D eigenvalue weighted by Gasteiger charge is -2.50. The van der Waals surface area contributed by atoms with Gasteiger partial charge in [0.05, 0.1) is 10.7 Å². The number of nitrogens with one attached hydrogen (secondary N) is 1. The number of aromatic nitrogens is 1. The third kappa shape index (κ3) is 3.31. The van der Waals surface area contributed by atoms with Crippen molar-refractivity contribution >= 4 is 42.1 Å². The van der Waals surface area contributed by atoms with Gasteiger partial charge in [-0.3, -0.25) is 4.98 Å². The normalized spacial score (nSPS) is 27.7. The molecule has 1 saturated heterocycles. The van der Waals surface area contributed by atoms with Gasteiger partial charge in [-0.2, -0.15) is 0 Å². The molecule has 1 aromatic heterocycles. The smallest absolute Gasteiger partial charge is 0.292 e. The molecule has 1 N–H and O–H groups in total. The molecule has 146 valence electrons. The average molecular weight is 431 g/mol. The van der Waals surface area contributed by atoms with Crippen molar-refractivity contribution in [3.63, 3.8) is 0 Å². The van der Waals surface area contributed by atoms with Gasteiger partial charge in [0.15, 0.2) is 11.5 Å². The van der Waals surface area contributed by atoms with Crippen molar-refractivity contribution in [3.8, 4) is 11.5 Å². The lowest BCUT2D eigenvalue weighted by atomic mass is 9.83. The molecule has 2 aliphatic heterocycles. The first kappa shape index (κ1) is 20.3. The number of para-hydroxylation sites is 1. The van der Waals surface area contributed by atoms with Crippen LogP contribution in [0.2, 0.25) is 5.02 Å². The second-order valence-corrected chi connectivity index (χ2v) is 7.45. The van der Waals surface area contributed by atoms with Crippen LogP contribution < -0.4 is 19.7 Å². The molecular formula is C19H22Cl3N3O2. The summed E-state index contributed by atoms with van der Waals surface area (Å²) in [6, 6.07) is 10.9. The van der Waals surface area contributed by atoms with Gasteiger partial charge >= 0.3 is 0 Å². The first-order chi connectivity index (χ1) is 12.1. The summed E-state index contributed by atoms with van der Waals surface area (Å²) in [4.78, 5) is 6.86. The summed E-state index contributed by atoms with van der Waals surface area (Å²) in [6.07, 6.45) is 4.09. The number of piperazine rings is 1. The first-order valence-corrected chi connectivity index (χ1v) is 9.15. The van der Waals surface area contributed by atoms with Gasteiger partial charge in [0.25, 0.3) is 5.79 Å². The van der Waals surface area contributed by atoms with Crippen LogP contribution in [0.3, 0.4) is 0 Å². The highest BCUT2D eigenvalue weighted by Crippen LogP contribution is 2.50. The molecule has 2 fully saturated rings. The molecule has 2 aromatic rings. The fourth-order valence-electron chi connectivity index (χ4n) is 4.02. The maximum atomic E-state index is 6.32. The Morgan fingerprint density at radius 2 is 2.04 bits per heavy atom. The van der Waals surface area contributed by atoms with Gasteiger partial charge in [-0.15, -0.1) is 24.8 Å². The number of hydrogen-bond donors (Lipinski definition) is 1. The zero-order valence-corrected chi connectivity index (χ0v) is 17.2. The summed E-state index contributed by atoms with van der Waals surface area (Å²) >= 11 is 5.96. The van der Waals surface area contributed by atoms with Gasteiger partial charge in [-0.1, -0.05) is 17.7 Å². The van der Waals surface area contributed by atoms with Crippen LogP contribution in [0.1, 0.15) is 25.5 Å². The molecule has 3 aliphatic rings. The molecule has 0 radical (unpaired) electrons. The zero-order chi connectivity index (χ0) is 17.0. The Morgan fingerprint density at radius 3 is 2.74 bits per heavy atom. The van der Waals surface area contributed by atoms with E-state index >= 15 is 0 Å². The van der Waals surface area contributed by atoms with Crippen LogP contribution in [0.5, 0.6) is 11.5 Å². The molecular weight excluding hydrogens is 409 g/mol. The van der Waals surface area contributed by atoms with E-state index in [-0.39, 0.29) is 24.8 Å². The molecule has 0 spiro atoms. The van der Waals surface area contributed by atoms with Crippen molar-refractivity contribution in [2.24, 2.45) is 0 Å². The van der Waals surface area contributed by atoms with Crippen LogP contribution in [-0.4, -0.2) is 30.2 Å². The van der Waals surface area contributed by atoms with E-state index in [1.54, 1.807) is 12.3 Å². The maximum absolute atomic E-state index is 6.32. The van der Waals surface area contributed by atoms with E-state index < -0.39 is 5.79 Å². The Hall–Kier alpha value is -1.40. The Labute approximate surface area is 176 Å². The molecule has 5 rings (SSSR count). The highest BCUT2D eigenvalue weighted by molar-refractivity contribution is 6.30. The minimum absolute atomic E-state index is 0. The number of benzene rings is 1. The topological polar surface area (TPSA) is 46.6 Å². The van der Waals surface area contributed by atoms with E-state index in [9.17, 15) is 0 Å². The minimum atomic E-state index is -0.934. The molecule has 0 bridgehead atoms. The molecule has 1 unspecified atom stereocenters. The molecule has 0 amide bonds. The number of pyridine rings is 1. The van der Waals surface area contributed by atoms with Gasteiger partial charge in [0, 0.05) is 38.3 Å². The van der Waals surface area contributed by atoms with E-state index in [1.807, 2.05) is 25.1 Å². The van der Waals surface area contributed by atoms with Crippen molar-refractivity contribution in [3.05, 3.63) is 47.2 Å². The summed E-state index contributed by atoms with van der Waals surface area (Å²) in [5, 5.41) is 4.19. The molecule has 8 heteroatoms. The molecule has 3 heterocycles. The number of anilines is 1. The van der Waals surface area contributed by atoms with Crippen LogP contribution in [-0.2, 0) is 5.79 Å². The number of ether oxygens (including phenoxy) is 2. The number of rotatable bonds is 2. The first-order valence-electron chi connectivity index (χ1n) is 8.77. The quantitative estimate of drug-likeness (QED) is 0.775. The summed E-state index contributed by atoms with van der Waals surface area (Å²) in [7, 11) is 0. The summed E-state index contributed by atoms with van der Waals surface area (Å²) in [5.74, 6) is 0.649. The Kier molecular flexibility index (Phi) is 5.69. The molecule has 1 saturated carbocycles. The number of halogens is 3. The SMILES string of the molecule is CC1(c2ccc(Cl)cn2)Oc2cccc(N3CCN[C@@H]4CC[C@H]43)c2O1.Cl.Cl. The summed E-state index contributed by atoms with van der Waals surface area (Å²) < 4.78 is 12.5. The molecule has 27 heavy (non-hydrogen) atoms. The van der Waals surface area contributed by atoms with Crippen LogP contribution in [0, 0.1) is 0 Å². The fraction of sp³-hybridized carbons (Fsp3) is 0.421. The Balaban J connectivity index is 0.00000105. The fourth-order valence-corrected chi connectivity index (χ4v) is 4.13.